The molecule has 0 fully saturated rings. The number of ketones is 1. The van der Waals surface area contributed by atoms with E-state index in [4.69, 9.17) is 0 Å². The van der Waals surface area contributed by atoms with Gasteiger partial charge in [0, 0.05) is 5.39 Å². The molecule has 0 radical (unpaired) electrons. The topological polar surface area (TPSA) is 42.9 Å². The summed E-state index contributed by atoms with van der Waals surface area (Å²) in [7, 11) is 0. The van der Waals surface area contributed by atoms with Crippen LogP contribution in [0.2, 0.25) is 0 Å². The smallest absolute Gasteiger partial charge is 0.204 e. The van der Waals surface area contributed by atoms with Crippen molar-refractivity contribution >= 4 is 22.8 Å². The Morgan fingerprint density at radius 2 is 2.00 bits per heavy atom. The zero-order valence-electron chi connectivity index (χ0n) is 8.19. The highest BCUT2D eigenvalue weighted by molar-refractivity contribution is 6.17. The van der Waals surface area contributed by atoms with E-state index in [1.165, 1.54) is 0 Å². The molecule has 72 valence electrons. The number of nitrogens with zero attached hydrogens (tertiary/aromatic N) is 2. The third-order valence-corrected chi connectivity index (χ3v) is 2.52. The van der Waals surface area contributed by atoms with Gasteiger partial charge in [0.05, 0.1) is 5.52 Å². The van der Waals surface area contributed by atoms with Crippen LogP contribution in [0, 0.1) is 6.92 Å². The summed E-state index contributed by atoms with van der Waals surface area (Å²) < 4.78 is 0. The van der Waals surface area contributed by atoms with E-state index in [1.54, 1.807) is 13.0 Å². The van der Waals surface area contributed by atoms with Gasteiger partial charge in [-0.15, -0.1) is 0 Å². The molecule has 2 aromatic rings. The predicted molar refractivity (Wildman–Crippen MR) is 57.6 cm³/mol. The van der Waals surface area contributed by atoms with Crippen LogP contribution in [-0.4, -0.2) is 15.8 Å². The van der Waals surface area contributed by atoms with Gasteiger partial charge < -0.3 is 0 Å². The Bertz CT molecular complexity index is 614. The molecule has 0 atom stereocenters. The summed E-state index contributed by atoms with van der Waals surface area (Å²) in [4.78, 5) is 20.2. The number of benzene rings is 1. The van der Waals surface area contributed by atoms with E-state index in [2.05, 4.69) is 9.97 Å². The number of hydrogen-bond acceptors (Lipinski definition) is 3. The minimum atomic E-state index is -0.0378. The summed E-state index contributed by atoms with van der Waals surface area (Å²) in [5.74, 6) is 0.600. The lowest BCUT2D eigenvalue weighted by Gasteiger charge is -2.10. The average Bonchev–Trinajstić information content (AvgIpc) is 2.23. The Kier molecular flexibility index (Phi) is 1.51. The van der Waals surface area contributed by atoms with Gasteiger partial charge in [-0.3, -0.25) is 4.79 Å². The molecule has 0 aliphatic heterocycles. The largest absolute Gasteiger partial charge is 0.288 e. The maximum absolute atomic E-state index is 11.6. The first-order chi connectivity index (χ1) is 7.25. The lowest BCUT2D eigenvalue weighted by Crippen LogP contribution is -2.07. The van der Waals surface area contributed by atoms with Crippen molar-refractivity contribution in [1.82, 2.24) is 9.97 Å². The molecule has 1 aliphatic carbocycles. The summed E-state index contributed by atoms with van der Waals surface area (Å²) in [6, 6.07) is 5.81. The lowest BCUT2D eigenvalue weighted by molar-refractivity contribution is 0.104. The van der Waals surface area contributed by atoms with E-state index < -0.39 is 0 Å². The van der Waals surface area contributed by atoms with Crippen LogP contribution in [0.3, 0.4) is 0 Å². The zero-order chi connectivity index (χ0) is 10.4. The normalized spacial score (nSPS) is 13.5. The van der Waals surface area contributed by atoms with E-state index in [9.17, 15) is 4.79 Å². The molecule has 0 saturated carbocycles. The SMILES string of the molecule is Cc1nc2c3c(cccc3n1)C=CC2=O. The van der Waals surface area contributed by atoms with Crippen molar-refractivity contribution in [3.8, 4) is 0 Å². The number of aryl methyl sites for hydroxylation is 1. The zero-order valence-corrected chi connectivity index (χ0v) is 8.19. The summed E-state index contributed by atoms with van der Waals surface area (Å²) in [5, 5.41) is 0.871. The Hall–Kier alpha value is -2.03. The fourth-order valence-electron chi connectivity index (χ4n) is 1.89. The molecule has 0 spiro atoms. The highest BCUT2D eigenvalue weighted by Gasteiger charge is 2.17. The number of rotatable bonds is 0. The first-order valence-corrected chi connectivity index (χ1v) is 4.75. The summed E-state index contributed by atoms with van der Waals surface area (Å²) in [6.07, 6.45) is 3.37. The van der Waals surface area contributed by atoms with E-state index in [0.717, 1.165) is 16.5 Å². The average molecular weight is 196 g/mol. The van der Waals surface area contributed by atoms with E-state index in [-0.39, 0.29) is 5.78 Å². The van der Waals surface area contributed by atoms with Gasteiger partial charge in [0.15, 0.2) is 0 Å². The number of allylic oxidation sites excluding steroid dienone is 1. The van der Waals surface area contributed by atoms with Gasteiger partial charge in [-0.25, -0.2) is 9.97 Å². The molecular weight excluding hydrogens is 188 g/mol. The fourth-order valence-corrected chi connectivity index (χ4v) is 1.89. The van der Waals surface area contributed by atoms with Crippen molar-refractivity contribution in [2.24, 2.45) is 0 Å². The van der Waals surface area contributed by atoms with Crippen molar-refractivity contribution in [3.05, 3.63) is 41.4 Å². The quantitative estimate of drug-likeness (QED) is 0.648. The van der Waals surface area contributed by atoms with Crippen LogP contribution < -0.4 is 0 Å². The second kappa shape index (κ2) is 2.73. The highest BCUT2D eigenvalue weighted by Crippen LogP contribution is 2.25. The van der Waals surface area contributed by atoms with Crippen molar-refractivity contribution in [2.45, 2.75) is 6.92 Å². The van der Waals surface area contributed by atoms with Gasteiger partial charge in [-0.05, 0) is 24.6 Å². The van der Waals surface area contributed by atoms with Gasteiger partial charge in [0.2, 0.25) is 5.78 Å². The Morgan fingerprint density at radius 3 is 2.87 bits per heavy atom. The minimum Gasteiger partial charge on any atom is -0.288 e. The van der Waals surface area contributed by atoms with Crippen molar-refractivity contribution < 1.29 is 4.79 Å². The Balaban J connectivity index is 2.57. The van der Waals surface area contributed by atoms with Crippen LogP contribution in [0.25, 0.3) is 17.0 Å². The molecule has 3 rings (SSSR count). The Labute approximate surface area is 86.5 Å². The van der Waals surface area contributed by atoms with Crippen LogP contribution in [0.15, 0.2) is 24.3 Å². The van der Waals surface area contributed by atoms with E-state index in [1.807, 2.05) is 24.3 Å². The minimum absolute atomic E-state index is 0.0378. The van der Waals surface area contributed by atoms with Gasteiger partial charge in [0.25, 0.3) is 0 Å². The first kappa shape index (κ1) is 8.29. The highest BCUT2D eigenvalue weighted by atomic mass is 16.1. The second-order valence-corrected chi connectivity index (χ2v) is 3.56. The molecule has 1 heterocycles. The first-order valence-electron chi connectivity index (χ1n) is 4.75. The second-order valence-electron chi connectivity index (χ2n) is 3.56. The third-order valence-electron chi connectivity index (χ3n) is 2.52. The maximum Gasteiger partial charge on any atom is 0.204 e. The fraction of sp³-hybridized carbons (Fsp3) is 0.0833. The van der Waals surface area contributed by atoms with Crippen LogP contribution in [0.1, 0.15) is 21.9 Å². The molecule has 0 amide bonds. The molecule has 0 saturated heterocycles. The van der Waals surface area contributed by atoms with Crippen molar-refractivity contribution in [2.75, 3.05) is 0 Å². The number of aromatic nitrogens is 2. The molecule has 3 heteroatoms. The van der Waals surface area contributed by atoms with Crippen LogP contribution in [-0.2, 0) is 0 Å². The molecule has 0 N–H and O–H groups in total. The standard InChI is InChI=1S/C12H8N2O/c1-7-13-9-4-2-3-8-5-6-10(15)12(14-7)11(8)9/h2-6H,1H3. The van der Waals surface area contributed by atoms with Gasteiger partial charge >= 0.3 is 0 Å². The predicted octanol–water partition coefficient (Wildman–Crippen LogP) is 2.15. The molecule has 0 bridgehead atoms. The molecule has 1 aromatic heterocycles. The van der Waals surface area contributed by atoms with E-state index in [0.29, 0.717) is 11.5 Å². The van der Waals surface area contributed by atoms with Crippen LogP contribution in [0.4, 0.5) is 0 Å². The monoisotopic (exact) mass is 196 g/mol. The summed E-state index contributed by atoms with van der Waals surface area (Å²) in [6.45, 7) is 1.80. The van der Waals surface area contributed by atoms with Crippen molar-refractivity contribution in [1.29, 1.82) is 0 Å². The van der Waals surface area contributed by atoms with Gasteiger partial charge in [-0.1, -0.05) is 18.2 Å². The number of carbonyl (C=O) groups is 1. The number of hydrogen-bond donors (Lipinski definition) is 0. The maximum atomic E-state index is 11.6. The van der Waals surface area contributed by atoms with Crippen LogP contribution in [0.5, 0.6) is 0 Å². The molecule has 15 heavy (non-hydrogen) atoms. The van der Waals surface area contributed by atoms with Gasteiger partial charge in [0.1, 0.15) is 11.5 Å². The Morgan fingerprint density at radius 1 is 1.13 bits per heavy atom. The summed E-state index contributed by atoms with van der Waals surface area (Å²) >= 11 is 0. The van der Waals surface area contributed by atoms with E-state index >= 15 is 0 Å². The number of carbonyl (C=O) groups excluding carboxylic acids is 1. The molecule has 1 aromatic carbocycles. The molecule has 1 aliphatic rings. The lowest BCUT2D eigenvalue weighted by atomic mass is 9.99. The molecule has 3 nitrogen and oxygen atoms in total. The van der Waals surface area contributed by atoms with Gasteiger partial charge in [-0.2, -0.15) is 0 Å². The van der Waals surface area contributed by atoms with Crippen molar-refractivity contribution in [3.63, 3.8) is 0 Å². The summed E-state index contributed by atoms with van der Waals surface area (Å²) in [5.41, 5.74) is 2.38. The third kappa shape index (κ3) is 1.09. The molecular formula is C12H8N2O. The molecule has 0 unspecified atom stereocenters. The van der Waals surface area contributed by atoms with Crippen LogP contribution >= 0.6 is 0 Å².